The molecule has 4 rings (SSSR count). The molecule has 0 heterocycles. The summed E-state index contributed by atoms with van der Waals surface area (Å²) in [5, 5.41) is 0. The minimum absolute atomic E-state index is 0.0485. The van der Waals surface area contributed by atoms with Crippen LogP contribution in [0.4, 0.5) is 0 Å². The van der Waals surface area contributed by atoms with Crippen molar-refractivity contribution in [2.45, 2.75) is 157 Å². The van der Waals surface area contributed by atoms with Crippen molar-refractivity contribution in [2.24, 2.45) is 46.3 Å². The molecule has 0 bridgehead atoms. The topological polar surface area (TPSA) is 26.3 Å². The molecule has 0 aromatic carbocycles. The smallest absolute Gasteiger partial charge is 0.306 e. The summed E-state index contributed by atoms with van der Waals surface area (Å²) in [4.78, 5) is 12.5. The van der Waals surface area contributed by atoms with Gasteiger partial charge in [-0.2, -0.15) is 0 Å². The van der Waals surface area contributed by atoms with E-state index in [0.29, 0.717) is 17.3 Å². The van der Waals surface area contributed by atoms with Crippen molar-refractivity contribution in [3.63, 3.8) is 0 Å². The Morgan fingerprint density at radius 2 is 1.73 bits per heavy atom. The van der Waals surface area contributed by atoms with Crippen molar-refractivity contribution < 1.29 is 9.53 Å². The number of carbonyl (C=O) groups is 1. The van der Waals surface area contributed by atoms with Crippen LogP contribution in [0, 0.1) is 46.3 Å². The predicted molar refractivity (Wildman–Crippen MR) is 156 cm³/mol. The molecular weight excluding hydrogens is 453 g/mol. The summed E-state index contributed by atoms with van der Waals surface area (Å²) >= 11 is 0. The molecule has 0 amide bonds. The lowest BCUT2D eigenvalue weighted by molar-refractivity contribution is -0.151. The standard InChI is InChI=1S/C35H60O2/c1-7-8-9-10-11-15-33(36)37-28-20-22-34(5)27(24-28)16-17-29-31-19-18-30(26(4)14-12-13-25(2)3)35(31,6)23-21-32(29)34/h16,25-26,28-32H,7-15,17-24H2,1-6H3/t26-,28+,29+,30-,31+,32+,34+,35-/m1/s1/i4+1. The van der Waals surface area contributed by atoms with Gasteiger partial charge in [0.15, 0.2) is 0 Å². The van der Waals surface area contributed by atoms with Gasteiger partial charge in [-0.05, 0) is 97.7 Å². The average Bonchev–Trinajstić information content (AvgIpc) is 3.21. The highest BCUT2D eigenvalue weighted by molar-refractivity contribution is 5.69. The molecule has 2 heteroatoms. The van der Waals surface area contributed by atoms with Gasteiger partial charge in [-0.3, -0.25) is 4.79 Å². The summed E-state index contributed by atoms with van der Waals surface area (Å²) in [6.45, 7) is 14.9. The average molecular weight is 514 g/mol. The van der Waals surface area contributed by atoms with Gasteiger partial charge in [0.25, 0.3) is 0 Å². The van der Waals surface area contributed by atoms with E-state index in [1.54, 1.807) is 5.57 Å². The number of carbonyl (C=O) groups excluding carboxylic acids is 1. The second kappa shape index (κ2) is 12.6. The van der Waals surface area contributed by atoms with E-state index in [0.717, 1.165) is 61.2 Å². The Hall–Kier alpha value is -0.790. The van der Waals surface area contributed by atoms with Crippen LogP contribution in [0.5, 0.6) is 0 Å². The van der Waals surface area contributed by atoms with Crippen LogP contribution in [0.2, 0.25) is 0 Å². The molecule has 0 N–H and O–H groups in total. The van der Waals surface area contributed by atoms with Crippen molar-refractivity contribution >= 4 is 5.97 Å². The lowest BCUT2D eigenvalue weighted by Crippen LogP contribution is -2.51. The minimum Gasteiger partial charge on any atom is -0.462 e. The zero-order valence-electron chi connectivity index (χ0n) is 25.5. The highest BCUT2D eigenvalue weighted by atomic mass is 16.5. The summed E-state index contributed by atoms with van der Waals surface area (Å²) in [5.41, 5.74) is 2.54. The predicted octanol–water partition coefficient (Wildman–Crippen LogP) is 10.3. The van der Waals surface area contributed by atoms with Gasteiger partial charge in [0.05, 0.1) is 0 Å². The molecular formula is C35H60O2. The van der Waals surface area contributed by atoms with Gasteiger partial charge in [0, 0.05) is 12.8 Å². The Balaban J connectivity index is 1.34. The second-order valence-corrected chi connectivity index (χ2v) is 14.8. The maximum absolute atomic E-state index is 12.5. The first kappa shape index (κ1) is 29.2. The summed E-state index contributed by atoms with van der Waals surface area (Å²) in [6, 6.07) is 0. The van der Waals surface area contributed by atoms with E-state index in [1.165, 1.54) is 77.0 Å². The van der Waals surface area contributed by atoms with Crippen molar-refractivity contribution in [3.05, 3.63) is 11.6 Å². The molecule has 37 heavy (non-hydrogen) atoms. The molecule has 4 aliphatic carbocycles. The van der Waals surface area contributed by atoms with Crippen LogP contribution in [-0.2, 0) is 9.53 Å². The molecule has 212 valence electrons. The molecule has 0 aliphatic heterocycles. The Morgan fingerprint density at radius 1 is 0.946 bits per heavy atom. The van der Waals surface area contributed by atoms with Gasteiger partial charge in [0.1, 0.15) is 6.10 Å². The molecule has 0 unspecified atom stereocenters. The Morgan fingerprint density at radius 3 is 2.49 bits per heavy atom. The van der Waals surface area contributed by atoms with Crippen LogP contribution in [-0.4, -0.2) is 12.1 Å². The number of fused-ring (bicyclic) bond motifs is 5. The monoisotopic (exact) mass is 513 g/mol. The van der Waals surface area contributed by atoms with Gasteiger partial charge in [-0.25, -0.2) is 0 Å². The summed E-state index contributed by atoms with van der Waals surface area (Å²) in [5.74, 6) is 5.34. The zero-order chi connectivity index (χ0) is 26.6. The lowest BCUT2D eigenvalue weighted by atomic mass is 9.47. The SMILES string of the molecule is CCCCCCCC(=O)O[C@H]1CC[C@@]2(C)C(=CC[C@H]3[C@@H]4CC[C@H]([C@H]([13CH3])CCCC(C)C)[C@@]4(C)CC[C@@H]32)C1. The van der Waals surface area contributed by atoms with Gasteiger partial charge < -0.3 is 4.74 Å². The van der Waals surface area contributed by atoms with Gasteiger partial charge in [-0.15, -0.1) is 0 Å². The third kappa shape index (κ3) is 6.35. The van der Waals surface area contributed by atoms with Crippen molar-refractivity contribution in [2.75, 3.05) is 0 Å². The Bertz CT molecular complexity index is 782. The number of hydrogen-bond acceptors (Lipinski definition) is 2. The fourth-order valence-corrected chi connectivity index (χ4v) is 9.87. The lowest BCUT2D eigenvalue weighted by Gasteiger charge is -2.58. The molecule has 0 aromatic rings. The summed E-state index contributed by atoms with van der Waals surface area (Å²) in [7, 11) is 0. The van der Waals surface area contributed by atoms with Crippen molar-refractivity contribution in [1.82, 2.24) is 0 Å². The van der Waals surface area contributed by atoms with E-state index in [2.05, 4.69) is 47.6 Å². The molecule has 8 atom stereocenters. The van der Waals surface area contributed by atoms with Crippen LogP contribution in [0.3, 0.4) is 0 Å². The molecule has 4 aliphatic rings. The fraction of sp³-hybridized carbons (Fsp3) is 0.914. The van der Waals surface area contributed by atoms with E-state index in [-0.39, 0.29) is 12.1 Å². The normalized spacial score (nSPS) is 37.9. The van der Waals surface area contributed by atoms with E-state index in [4.69, 9.17) is 4.74 Å². The van der Waals surface area contributed by atoms with E-state index < -0.39 is 0 Å². The maximum atomic E-state index is 12.5. The number of rotatable bonds is 12. The van der Waals surface area contributed by atoms with Crippen LogP contribution < -0.4 is 0 Å². The molecule has 2 nitrogen and oxygen atoms in total. The highest BCUT2D eigenvalue weighted by Gasteiger charge is 2.59. The highest BCUT2D eigenvalue weighted by Crippen LogP contribution is 2.67. The second-order valence-electron chi connectivity index (χ2n) is 14.8. The molecule has 0 saturated heterocycles. The molecule has 0 radical (unpaired) electrons. The third-order valence-corrected chi connectivity index (χ3v) is 12.0. The zero-order valence-corrected chi connectivity index (χ0v) is 25.5. The van der Waals surface area contributed by atoms with Crippen molar-refractivity contribution in [3.8, 4) is 0 Å². The van der Waals surface area contributed by atoms with Crippen LogP contribution in [0.25, 0.3) is 0 Å². The van der Waals surface area contributed by atoms with Crippen LogP contribution >= 0.6 is 0 Å². The van der Waals surface area contributed by atoms with Gasteiger partial charge in [-0.1, -0.05) is 98.1 Å². The fourth-order valence-electron chi connectivity index (χ4n) is 9.87. The molecule has 0 spiro atoms. The van der Waals surface area contributed by atoms with Crippen LogP contribution in [0.1, 0.15) is 151 Å². The third-order valence-electron chi connectivity index (χ3n) is 12.0. The largest absolute Gasteiger partial charge is 0.462 e. The minimum atomic E-state index is 0.0485. The quantitative estimate of drug-likeness (QED) is 0.112. The van der Waals surface area contributed by atoms with Gasteiger partial charge >= 0.3 is 5.97 Å². The number of ether oxygens (including phenoxy) is 1. The summed E-state index contributed by atoms with van der Waals surface area (Å²) in [6.07, 6.45) is 23.9. The number of unbranched alkanes of at least 4 members (excludes halogenated alkanes) is 4. The van der Waals surface area contributed by atoms with E-state index in [1.807, 2.05) is 0 Å². The molecule has 3 fully saturated rings. The Kier molecular flexibility index (Phi) is 9.94. The van der Waals surface area contributed by atoms with E-state index >= 15 is 0 Å². The molecule has 0 aromatic heterocycles. The van der Waals surface area contributed by atoms with Crippen LogP contribution in [0.15, 0.2) is 11.6 Å². The van der Waals surface area contributed by atoms with Crippen molar-refractivity contribution in [1.29, 1.82) is 0 Å². The number of esters is 1. The van der Waals surface area contributed by atoms with E-state index in [9.17, 15) is 4.79 Å². The summed E-state index contributed by atoms with van der Waals surface area (Å²) < 4.78 is 6.02. The molecule has 3 saturated carbocycles. The van der Waals surface area contributed by atoms with Gasteiger partial charge in [0.2, 0.25) is 0 Å². The first-order chi connectivity index (χ1) is 17.7. The number of allylic oxidation sites excluding steroid dienone is 1. The number of hydrogen-bond donors (Lipinski definition) is 0. The maximum Gasteiger partial charge on any atom is 0.306 e. The first-order valence-electron chi connectivity index (χ1n) is 16.6. The first-order valence-corrected chi connectivity index (χ1v) is 16.6. The Labute approximate surface area is 230 Å².